The standard InChI is InChI=1S/C41H57N3O26/c1-17(45)56-14-27-30(59-20(4)48)33(60-21(5)49)37(64-25(9)53)40(67-27)70-32-29(16-58-19(3)47)68-41(38(65-26(10)54)35(32)62-23(7)51)69-31-28(15-57-18(2)46)66-39(55-13-11-12-43-44-42)36(63-24(8)52)34(31)61-22(6)50/h27-41H,11-16H2,1-10H3/t27-,28-,29-,30-,31-,32-,33+,34+,35+,36-,37-,38-,39-,40-,41-/m1/s1. The van der Waals surface area contributed by atoms with Gasteiger partial charge in [0.2, 0.25) is 0 Å². The molecule has 0 aliphatic carbocycles. The van der Waals surface area contributed by atoms with Crippen molar-refractivity contribution in [2.75, 3.05) is 33.0 Å². The van der Waals surface area contributed by atoms with Crippen LogP contribution in [0.4, 0.5) is 0 Å². The van der Waals surface area contributed by atoms with Crippen LogP contribution in [0.1, 0.15) is 75.7 Å². The van der Waals surface area contributed by atoms with Crippen molar-refractivity contribution in [3.63, 3.8) is 0 Å². The fourth-order valence-electron chi connectivity index (χ4n) is 7.27. The van der Waals surface area contributed by atoms with Gasteiger partial charge in [-0.05, 0) is 12.0 Å². The monoisotopic (exact) mass is 1010 g/mol. The Bertz CT molecular complexity index is 1940. The van der Waals surface area contributed by atoms with Crippen LogP contribution in [0.5, 0.6) is 0 Å². The molecule has 3 heterocycles. The number of ether oxygens (including phenoxy) is 16. The molecule has 70 heavy (non-hydrogen) atoms. The molecule has 0 spiro atoms. The van der Waals surface area contributed by atoms with E-state index < -0.39 is 172 Å². The van der Waals surface area contributed by atoms with Gasteiger partial charge in [-0.1, -0.05) is 5.11 Å². The van der Waals surface area contributed by atoms with Gasteiger partial charge in [-0.2, -0.15) is 0 Å². The summed E-state index contributed by atoms with van der Waals surface area (Å²) >= 11 is 0. The van der Waals surface area contributed by atoms with Crippen molar-refractivity contribution in [2.24, 2.45) is 5.11 Å². The highest BCUT2D eigenvalue weighted by Gasteiger charge is 2.60. The van der Waals surface area contributed by atoms with Crippen molar-refractivity contribution in [3.8, 4) is 0 Å². The van der Waals surface area contributed by atoms with E-state index in [2.05, 4.69) is 10.0 Å². The molecular formula is C41H57N3O26. The Hall–Kier alpha value is -6.23. The number of hydrogen-bond donors (Lipinski definition) is 0. The zero-order valence-corrected chi connectivity index (χ0v) is 39.9. The number of rotatable bonds is 22. The van der Waals surface area contributed by atoms with Crippen molar-refractivity contribution in [1.82, 2.24) is 0 Å². The summed E-state index contributed by atoms with van der Waals surface area (Å²) in [7, 11) is 0. The zero-order valence-electron chi connectivity index (χ0n) is 39.9. The molecular weight excluding hydrogens is 950 g/mol. The Morgan fingerprint density at radius 3 is 1.01 bits per heavy atom. The second-order valence-corrected chi connectivity index (χ2v) is 15.4. The van der Waals surface area contributed by atoms with Crippen molar-refractivity contribution in [3.05, 3.63) is 10.4 Å². The molecule has 0 aromatic heterocycles. The van der Waals surface area contributed by atoms with Gasteiger partial charge in [0.05, 0.1) is 6.61 Å². The van der Waals surface area contributed by atoms with E-state index in [4.69, 9.17) is 81.3 Å². The van der Waals surface area contributed by atoms with Crippen LogP contribution in [0.2, 0.25) is 0 Å². The lowest BCUT2D eigenvalue weighted by atomic mass is 9.95. The molecule has 0 unspecified atom stereocenters. The highest BCUT2D eigenvalue weighted by Crippen LogP contribution is 2.38. The van der Waals surface area contributed by atoms with Gasteiger partial charge in [-0.25, -0.2) is 0 Å². The van der Waals surface area contributed by atoms with Crippen LogP contribution >= 0.6 is 0 Å². The van der Waals surface area contributed by atoms with E-state index in [9.17, 15) is 47.9 Å². The molecule has 0 N–H and O–H groups in total. The van der Waals surface area contributed by atoms with Crippen LogP contribution in [-0.2, 0) is 124 Å². The molecule has 392 valence electrons. The summed E-state index contributed by atoms with van der Waals surface area (Å²) in [5.74, 6) is -9.55. The molecule has 3 aliphatic rings. The quantitative estimate of drug-likeness (QED) is 0.0340. The van der Waals surface area contributed by atoms with Crippen LogP contribution in [0.25, 0.3) is 10.4 Å². The summed E-state index contributed by atoms with van der Waals surface area (Å²) in [5, 5.41) is 3.43. The Labute approximate surface area is 399 Å². The van der Waals surface area contributed by atoms with Gasteiger partial charge >= 0.3 is 59.7 Å². The van der Waals surface area contributed by atoms with E-state index in [1.54, 1.807) is 0 Å². The third kappa shape index (κ3) is 18.3. The Balaban J connectivity index is 2.29. The van der Waals surface area contributed by atoms with Crippen LogP contribution < -0.4 is 0 Å². The average Bonchev–Trinajstić information content (AvgIpc) is 3.23. The van der Waals surface area contributed by atoms with Crippen molar-refractivity contribution in [2.45, 2.75) is 168 Å². The minimum atomic E-state index is -2.03. The highest BCUT2D eigenvalue weighted by atomic mass is 16.8. The first kappa shape index (κ1) is 58.1. The van der Waals surface area contributed by atoms with E-state index in [0.717, 1.165) is 69.2 Å². The lowest BCUT2D eigenvalue weighted by molar-refractivity contribution is -0.380. The summed E-state index contributed by atoms with van der Waals surface area (Å²) in [6, 6.07) is 0. The Morgan fingerprint density at radius 2 is 0.686 bits per heavy atom. The van der Waals surface area contributed by atoms with Crippen molar-refractivity contribution >= 4 is 59.7 Å². The molecule has 0 bridgehead atoms. The molecule has 3 aliphatic heterocycles. The molecule has 0 aromatic rings. The number of nitrogens with zero attached hydrogens (tertiary/aromatic N) is 3. The molecule has 3 saturated heterocycles. The van der Waals surface area contributed by atoms with E-state index in [1.807, 2.05) is 0 Å². The van der Waals surface area contributed by atoms with Gasteiger partial charge in [0, 0.05) is 80.7 Å². The van der Waals surface area contributed by atoms with E-state index >= 15 is 0 Å². The van der Waals surface area contributed by atoms with Gasteiger partial charge in [0.1, 0.15) is 50.3 Å². The largest absolute Gasteiger partial charge is 0.463 e. The molecule has 3 rings (SSSR count). The number of esters is 10. The number of carbonyl (C=O) groups excluding carboxylic acids is 10. The van der Waals surface area contributed by atoms with E-state index in [0.29, 0.717) is 0 Å². The molecule has 29 nitrogen and oxygen atoms in total. The Kier molecular flexibility index (Phi) is 23.1. The molecule has 3 fully saturated rings. The van der Waals surface area contributed by atoms with Crippen LogP contribution in [0, 0.1) is 0 Å². The normalized spacial score (nSPS) is 30.3. The minimum Gasteiger partial charge on any atom is -0.463 e. The van der Waals surface area contributed by atoms with Crippen LogP contribution in [-0.4, -0.2) is 185 Å². The maximum absolute atomic E-state index is 13.0. The summed E-state index contributed by atoms with van der Waals surface area (Å²) in [6.07, 6.45) is -26.5. The number of carbonyl (C=O) groups is 10. The highest BCUT2D eigenvalue weighted by molar-refractivity contribution is 5.70. The summed E-state index contributed by atoms with van der Waals surface area (Å²) < 4.78 is 91.9. The second kappa shape index (κ2) is 27.8. The zero-order chi connectivity index (χ0) is 52.4. The molecule has 29 heteroatoms. The second-order valence-electron chi connectivity index (χ2n) is 15.4. The third-order valence-corrected chi connectivity index (χ3v) is 9.57. The van der Waals surface area contributed by atoms with Gasteiger partial charge in [-0.3, -0.25) is 47.9 Å². The number of hydrogen-bond acceptors (Lipinski definition) is 27. The SMILES string of the molecule is CC(=O)OC[C@H]1O[C@H](O[C@H]2[C@H](OC(C)=O)[C@@H](OC(C)=O)[C@@H](O[C@H]3[C@H](OC(C)=O)[C@@H](OC(C)=O)[C@H](OCCCN=[N+]=[N-])O[C@@H]3COC(C)=O)O[C@@H]2COC(C)=O)[C@H](OC(C)=O)[C@@H](OC(C)=O)[C@@H]1OC(C)=O. The molecule has 0 amide bonds. The average molecular weight is 1010 g/mol. The van der Waals surface area contributed by atoms with E-state index in [1.165, 1.54) is 0 Å². The van der Waals surface area contributed by atoms with Gasteiger partial charge < -0.3 is 75.8 Å². The first-order valence-electron chi connectivity index (χ1n) is 21.4. The lowest BCUT2D eigenvalue weighted by Crippen LogP contribution is -2.69. The lowest BCUT2D eigenvalue weighted by Gasteiger charge is -2.50. The molecule has 0 aromatic carbocycles. The molecule has 15 atom stereocenters. The maximum atomic E-state index is 13.0. The number of azide groups is 1. The van der Waals surface area contributed by atoms with Crippen LogP contribution in [0.3, 0.4) is 0 Å². The first-order valence-corrected chi connectivity index (χ1v) is 21.4. The smallest absolute Gasteiger partial charge is 0.303 e. The van der Waals surface area contributed by atoms with Gasteiger partial charge in [0.15, 0.2) is 61.6 Å². The van der Waals surface area contributed by atoms with Crippen molar-refractivity contribution < 1.29 is 124 Å². The van der Waals surface area contributed by atoms with Crippen LogP contribution in [0.15, 0.2) is 5.11 Å². The van der Waals surface area contributed by atoms with Gasteiger partial charge in [-0.15, -0.1) is 0 Å². The minimum absolute atomic E-state index is 0.0234. The fraction of sp³-hybridized carbons (Fsp3) is 0.756. The fourth-order valence-corrected chi connectivity index (χ4v) is 7.27. The topological polar surface area (TPSA) is 367 Å². The molecule has 0 radical (unpaired) electrons. The van der Waals surface area contributed by atoms with Gasteiger partial charge in [0.25, 0.3) is 0 Å². The van der Waals surface area contributed by atoms with Crippen molar-refractivity contribution in [1.29, 1.82) is 0 Å². The van der Waals surface area contributed by atoms with E-state index in [-0.39, 0.29) is 19.6 Å². The summed E-state index contributed by atoms with van der Waals surface area (Å²) in [4.78, 5) is 128. The predicted octanol–water partition coefficient (Wildman–Crippen LogP) is -0.140. The first-order chi connectivity index (χ1) is 32.9. The maximum Gasteiger partial charge on any atom is 0.303 e. The summed E-state index contributed by atoms with van der Waals surface area (Å²) in [6.45, 7) is 7.59. The predicted molar refractivity (Wildman–Crippen MR) is 219 cm³/mol. The summed E-state index contributed by atoms with van der Waals surface area (Å²) in [5.41, 5.74) is 8.69. The third-order valence-electron chi connectivity index (χ3n) is 9.57. The Morgan fingerprint density at radius 1 is 0.400 bits per heavy atom. The molecule has 0 saturated carbocycles.